The molecule has 0 aliphatic carbocycles. The maximum absolute atomic E-state index is 12.4. The van der Waals surface area contributed by atoms with Gasteiger partial charge in [-0.2, -0.15) is 5.10 Å². The summed E-state index contributed by atoms with van der Waals surface area (Å²) in [6.45, 7) is 0. The number of pyridine rings is 1. The number of methoxy groups -OCH3 is 1. The number of hydrogen-bond donors (Lipinski definition) is 2. The number of nitrogens with zero attached hydrogens (tertiary/aromatic N) is 2. The van der Waals surface area contributed by atoms with Crippen molar-refractivity contribution in [3.05, 3.63) is 28.4 Å². The quantitative estimate of drug-likeness (QED) is 0.668. The van der Waals surface area contributed by atoms with Gasteiger partial charge in [0.05, 0.1) is 18.0 Å². The smallest absolute Gasteiger partial charge is 0.202 e. The first-order chi connectivity index (χ1) is 8.65. The molecule has 0 bridgehead atoms. The van der Waals surface area contributed by atoms with Crippen molar-refractivity contribution in [1.82, 2.24) is 14.8 Å². The van der Waals surface area contributed by atoms with Crippen LogP contribution in [-0.4, -0.2) is 21.9 Å². The Hall–Kier alpha value is -2.50. The van der Waals surface area contributed by atoms with Crippen molar-refractivity contribution in [3.8, 4) is 5.75 Å². The van der Waals surface area contributed by atoms with E-state index in [0.29, 0.717) is 27.7 Å². The van der Waals surface area contributed by atoms with E-state index in [1.807, 2.05) is 13.1 Å². The largest absolute Gasteiger partial charge is 0.495 e. The number of nitrogens with one attached hydrogen (secondary N) is 1. The molecule has 3 aromatic rings. The van der Waals surface area contributed by atoms with Gasteiger partial charge >= 0.3 is 0 Å². The van der Waals surface area contributed by atoms with Crippen LogP contribution in [0.1, 0.15) is 0 Å². The third kappa shape index (κ3) is 1.17. The molecule has 6 heteroatoms. The fourth-order valence-corrected chi connectivity index (χ4v) is 2.27. The minimum absolute atomic E-state index is 0.136. The van der Waals surface area contributed by atoms with E-state index < -0.39 is 0 Å². The van der Waals surface area contributed by atoms with Gasteiger partial charge in [0.2, 0.25) is 5.43 Å². The summed E-state index contributed by atoms with van der Waals surface area (Å²) >= 11 is 0. The van der Waals surface area contributed by atoms with Gasteiger partial charge in [0.1, 0.15) is 17.0 Å². The first kappa shape index (κ1) is 10.6. The fourth-order valence-electron chi connectivity index (χ4n) is 2.27. The van der Waals surface area contributed by atoms with Gasteiger partial charge in [-0.1, -0.05) is 6.07 Å². The molecule has 2 aromatic heterocycles. The van der Waals surface area contributed by atoms with E-state index in [2.05, 4.69) is 10.2 Å². The van der Waals surface area contributed by atoms with E-state index in [0.717, 1.165) is 0 Å². The normalized spacial score (nSPS) is 11.2. The Kier molecular flexibility index (Phi) is 2.07. The molecule has 0 spiro atoms. The summed E-state index contributed by atoms with van der Waals surface area (Å²) in [6.07, 6.45) is 0. The van der Waals surface area contributed by atoms with E-state index in [1.54, 1.807) is 23.8 Å². The number of rotatable bonds is 1. The first-order valence-corrected chi connectivity index (χ1v) is 5.44. The Morgan fingerprint density at radius 2 is 2.22 bits per heavy atom. The van der Waals surface area contributed by atoms with E-state index >= 15 is 0 Å². The molecule has 0 unspecified atom stereocenters. The number of benzene rings is 1. The number of aromatic amines is 1. The lowest BCUT2D eigenvalue weighted by molar-refractivity contribution is 0.418. The lowest BCUT2D eigenvalue weighted by Crippen LogP contribution is -2.10. The highest BCUT2D eigenvalue weighted by molar-refractivity contribution is 5.98. The molecule has 0 fully saturated rings. The molecule has 0 radical (unpaired) electrons. The Bertz CT molecular complexity index is 816. The van der Waals surface area contributed by atoms with Crippen molar-refractivity contribution in [2.75, 3.05) is 12.8 Å². The molecule has 1 aromatic carbocycles. The number of anilines is 1. The van der Waals surface area contributed by atoms with Crippen LogP contribution in [0.25, 0.3) is 21.9 Å². The van der Waals surface area contributed by atoms with Gasteiger partial charge in [-0.05, 0) is 12.1 Å². The van der Waals surface area contributed by atoms with Gasteiger partial charge < -0.3 is 15.0 Å². The summed E-state index contributed by atoms with van der Waals surface area (Å²) in [4.78, 5) is 12.4. The number of ether oxygens (including phenoxy) is 1. The van der Waals surface area contributed by atoms with Crippen molar-refractivity contribution in [2.45, 2.75) is 0 Å². The van der Waals surface area contributed by atoms with Crippen LogP contribution < -0.4 is 15.9 Å². The maximum atomic E-state index is 12.4. The predicted molar refractivity (Wildman–Crippen MR) is 69.8 cm³/mol. The third-order valence-corrected chi connectivity index (χ3v) is 3.12. The van der Waals surface area contributed by atoms with E-state index in [1.165, 1.54) is 0 Å². The standard InChI is InChI=1S/C12H12N4O2/c1-16-9-6(4-3-5-7(9)18-2)10(17)8-11(13)14-15-12(8)16/h3-5H,1-2H3,(H3,13,14,15). The van der Waals surface area contributed by atoms with E-state index in [9.17, 15) is 4.79 Å². The molecule has 0 aliphatic heterocycles. The second-order valence-corrected chi connectivity index (χ2v) is 4.08. The molecule has 6 nitrogen and oxygen atoms in total. The van der Waals surface area contributed by atoms with Crippen LogP contribution in [0.4, 0.5) is 5.82 Å². The molecule has 0 amide bonds. The van der Waals surface area contributed by atoms with Crippen molar-refractivity contribution in [1.29, 1.82) is 0 Å². The van der Waals surface area contributed by atoms with Crippen LogP contribution in [-0.2, 0) is 7.05 Å². The van der Waals surface area contributed by atoms with Crippen LogP contribution >= 0.6 is 0 Å². The number of fused-ring (bicyclic) bond motifs is 2. The number of aryl methyl sites for hydroxylation is 1. The van der Waals surface area contributed by atoms with Gasteiger partial charge in [-0.3, -0.25) is 9.89 Å². The zero-order valence-electron chi connectivity index (χ0n) is 10.0. The van der Waals surface area contributed by atoms with Gasteiger partial charge in [-0.15, -0.1) is 0 Å². The molecule has 0 saturated carbocycles. The summed E-state index contributed by atoms with van der Waals surface area (Å²) < 4.78 is 7.09. The van der Waals surface area contributed by atoms with Crippen molar-refractivity contribution in [2.24, 2.45) is 7.05 Å². The molecule has 0 aliphatic rings. The maximum Gasteiger partial charge on any atom is 0.202 e. The monoisotopic (exact) mass is 244 g/mol. The third-order valence-electron chi connectivity index (χ3n) is 3.12. The second-order valence-electron chi connectivity index (χ2n) is 4.08. The molecule has 3 N–H and O–H groups in total. The first-order valence-electron chi connectivity index (χ1n) is 5.44. The topological polar surface area (TPSA) is 85.9 Å². The highest BCUT2D eigenvalue weighted by Gasteiger charge is 2.16. The summed E-state index contributed by atoms with van der Waals surface area (Å²) in [7, 11) is 3.40. The van der Waals surface area contributed by atoms with Crippen LogP contribution in [0.2, 0.25) is 0 Å². The summed E-state index contributed by atoms with van der Waals surface area (Å²) in [5.74, 6) is 0.922. The molecule has 0 saturated heterocycles. The van der Waals surface area contributed by atoms with E-state index in [-0.39, 0.29) is 11.2 Å². The number of nitrogens with two attached hydrogens (primary N) is 1. The summed E-state index contributed by atoms with van der Waals surface area (Å²) in [6, 6.07) is 5.35. The zero-order chi connectivity index (χ0) is 12.9. The van der Waals surface area contributed by atoms with E-state index in [4.69, 9.17) is 10.5 Å². The van der Waals surface area contributed by atoms with Crippen LogP contribution in [0.5, 0.6) is 5.75 Å². The van der Waals surface area contributed by atoms with Crippen molar-refractivity contribution >= 4 is 27.8 Å². The number of H-pyrrole nitrogens is 1. The Balaban J connectivity index is 2.69. The molecule has 92 valence electrons. The molecule has 18 heavy (non-hydrogen) atoms. The molecular weight excluding hydrogens is 232 g/mol. The summed E-state index contributed by atoms with van der Waals surface area (Å²) in [5.41, 5.74) is 6.84. The molecule has 3 rings (SSSR count). The van der Waals surface area contributed by atoms with Crippen molar-refractivity contribution in [3.63, 3.8) is 0 Å². The minimum Gasteiger partial charge on any atom is -0.495 e. The van der Waals surface area contributed by atoms with Gasteiger partial charge in [0.25, 0.3) is 0 Å². The van der Waals surface area contributed by atoms with Crippen LogP contribution in [0, 0.1) is 0 Å². The lowest BCUT2D eigenvalue weighted by Gasteiger charge is -2.10. The molecule has 0 atom stereocenters. The Morgan fingerprint density at radius 3 is 2.94 bits per heavy atom. The number of para-hydroxylation sites is 1. The van der Waals surface area contributed by atoms with Gasteiger partial charge in [0.15, 0.2) is 5.65 Å². The van der Waals surface area contributed by atoms with Gasteiger partial charge in [-0.25, -0.2) is 0 Å². The van der Waals surface area contributed by atoms with Crippen molar-refractivity contribution < 1.29 is 4.74 Å². The minimum atomic E-state index is -0.136. The average molecular weight is 244 g/mol. The fraction of sp³-hybridized carbons (Fsp3) is 0.167. The molecular formula is C12H12N4O2. The van der Waals surface area contributed by atoms with Crippen LogP contribution in [0.3, 0.4) is 0 Å². The zero-order valence-corrected chi connectivity index (χ0v) is 10.0. The Labute approximate surface area is 102 Å². The Morgan fingerprint density at radius 1 is 1.44 bits per heavy atom. The van der Waals surface area contributed by atoms with Gasteiger partial charge in [0, 0.05) is 7.05 Å². The SMILES string of the molecule is COc1cccc2c(=O)c3c(N)[nH]nc3n(C)c12. The lowest BCUT2D eigenvalue weighted by atomic mass is 10.1. The highest BCUT2D eigenvalue weighted by atomic mass is 16.5. The predicted octanol–water partition coefficient (Wildman–Crippen LogP) is 1.01. The summed E-state index contributed by atoms with van der Waals surface area (Å²) in [5, 5.41) is 7.68. The number of aromatic nitrogens is 3. The molecule has 2 heterocycles. The average Bonchev–Trinajstić information content (AvgIpc) is 2.77. The van der Waals surface area contributed by atoms with Crippen LogP contribution in [0.15, 0.2) is 23.0 Å². The number of nitrogen functional groups attached to an aromatic ring is 1. The highest BCUT2D eigenvalue weighted by Crippen LogP contribution is 2.26. The number of hydrogen-bond acceptors (Lipinski definition) is 4. The second kappa shape index (κ2) is 3.49.